The summed E-state index contributed by atoms with van der Waals surface area (Å²) in [5, 5.41) is 13.8. The predicted octanol–water partition coefficient (Wildman–Crippen LogP) is 12.1. The Morgan fingerprint density at radius 3 is 1.48 bits per heavy atom. The maximum Gasteiger partial charge on any atom is 0.472 e. The molecule has 1 amide bonds. The fourth-order valence-electron chi connectivity index (χ4n) is 5.95. The van der Waals surface area contributed by atoms with E-state index in [2.05, 4.69) is 55.6 Å². The van der Waals surface area contributed by atoms with E-state index in [1.165, 1.54) is 116 Å². The summed E-state index contributed by atoms with van der Waals surface area (Å²) in [6, 6.07) is -0.870. The van der Waals surface area contributed by atoms with E-state index >= 15 is 0 Å². The monoisotopic (exact) mass is 782 g/mol. The van der Waals surface area contributed by atoms with Crippen LogP contribution in [0.3, 0.4) is 0 Å². The highest BCUT2D eigenvalue weighted by Gasteiger charge is 2.27. The molecule has 0 saturated carbocycles. The number of aliphatic hydroxyl groups excluding tert-OH is 1. The van der Waals surface area contributed by atoms with Crippen molar-refractivity contribution in [1.29, 1.82) is 0 Å². The molecule has 0 aromatic carbocycles. The van der Waals surface area contributed by atoms with Gasteiger partial charge < -0.3 is 19.8 Å². The Bertz CT molecular complexity index is 1020. The number of phosphoric acid groups is 1. The van der Waals surface area contributed by atoms with Gasteiger partial charge in [-0.2, -0.15) is 0 Å². The van der Waals surface area contributed by atoms with Crippen molar-refractivity contribution in [2.24, 2.45) is 0 Å². The zero-order valence-electron chi connectivity index (χ0n) is 35.7. The number of nitrogens with zero attached hydrogens (tertiary/aromatic N) is 1. The summed E-state index contributed by atoms with van der Waals surface area (Å²) >= 11 is 0. The third-order valence-corrected chi connectivity index (χ3v) is 10.5. The van der Waals surface area contributed by atoms with Crippen molar-refractivity contribution >= 4 is 13.7 Å². The number of quaternary nitrogens is 1. The highest BCUT2D eigenvalue weighted by atomic mass is 31.2. The quantitative estimate of drug-likeness (QED) is 0.0248. The Morgan fingerprint density at radius 2 is 1.02 bits per heavy atom. The number of hydrogen-bond donors (Lipinski definition) is 3. The first-order valence-electron chi connectivity index (χ1n) is 22.0. The van der Waals surface area contributed by atoms with E-state index < -0.39 is 20.0 Å². The van der Waals surface area contributed by atoms with Crippen LogP contribution in [0.1, 0.15) is 181 Å². The standard InChI is InChI=1S/C45H85N2O6P/c1-6-8-10-12-14-16-18-20-22-23-25-27-29-31-33-35-37-39-45(49)46-43(42-53-54(50,51)52-41-40-47(3,4)5)44(48)38-36-34-32-30-28-26-24-21-19-17-15-13-11-9-7-2/h19-22,28,30,36,38,43-44,48H,6-18,23-27,29,31-35,37,39-42H2,1-5H3,(H-,46,49,50,51)/p+1/b21-19+,22-20-,30-28+,38-36+. The number of allylic oxidation sites excluding steroid dienone is 7. The van der Waals surface area contributed by atoms with Crippen molar-refractivity contribution < 1.29 is 32.9 Å². The first kappa shape index (κ1) is 52.5. The van der Waals surface area contributed by atoms with E-state index in [-0.39, 0.29) is 19.1 Å². The molecule has 0 aromatic heterocycles. The van der Waals surface area contributed by atoms with Gasteiger partial charge in [0.1, 0.15) is 13.2 Å². The van der Waals surface area contributed by atoms with Gasteiger partial charge in [-0.3, -0.25) is 13.8 Å². The smallest absolute Gasteiger partial charge is 0.387 e. The van der Waals surface area contributed by atoms with Crippen LogP contribution in [-0.2, 0) is 18.4 Å². The maximum atomic E-state index is 12.9. The second-order valence-electron chi connectivity index (χ2n) is 16.0. The molecule has 0 rings (SSSR count). The van der Waals surface area contributed by atoms with Crippen LogP contribution in [0.4, 0.5) is 0 Å². The Balaban J connectivity index is 4.51. The SMILES string of the molecule is CCCCCCC/C=C/CC/C=C/CC/C=C/C(O)C(COP(=O)(O)OCC[N+](C)(C)C)NC(=O)CCCCCCCCC/C=C\CCCCCCCC. The maximum absolute atomic E-state index is 12.9. The average molecular weight is 782 g/mol. The number of hydrogen-bond acceptors (Lipinski definition) is 5. The largest absolute Gasteiger partial charge is 0.472 e. The Morgan fingerprint density at radius 1 is 0.611 bits per heavy atom. The van der Waals surface area contributed by atoms with E-state index in [9.17, 15) is 19.4 Å². The first-order valence-corrected chi connectivity index (χ1v) is 23.5. The minimum atomic E-state index is -4.35. The number of likely N-dealkylation sites (N-methyl/N-ethyl adjacent to an activating group) is 1. The van der Waals surface area contributed by atoms with Crippen LogP contribution in [0.5, 0.6) is 0 Å². The van der Waals surface area contributed by atoms with Crippen LogP contribution in [-0.4, -0.2) is 73.4 Å². The number of carbonyl (C=O) groups excluding carboxylic acids is 1. The number of carbonyl (C=O) groups is 1. The third-order valence-electron chi connectivity index (χ3n) is 9.50. The second kappa shape index (κ2) is 37.1. The van der Waals surface area contributed by atoms with Crippen molar-refractivity contribution in [3.05, 3.63) is 48.6 Å². The summed E-state index contributed by atoms with van der Waals surface area (Å²) < 4.78 is 23.5. The van der Waals surface area contributed by atoms with E-state index in [1.54, 1.807) is 6.08 Å². The van der Waals surface area contributed by atoms with Crippen molar-refractivity contribution in [3.63, 3.8) is 0 Å². The Labute approximate surface area is 333 Å². The lowest BCUT2D eigenvalue weighted by Crippen LogP contribution is -2.45. The molecule has 0 fully saturated rings. The highest BCUT2D eigenvalue weighted by molar-refractivity contribution is 7.47. The summed E-state index contributed by atoms with van der Waals surface area (Å²) in [5.41, 5.74) is 0. The van der Waals surface area contributed by atoms with Crippen molar-refractivity contribution in [1.82, 2.24) is 5.32 Å². The fraction of sp³-hybridized carbons (Fsp3) is 0.800. The van der Waals surface area contributed by atoms with E-state index in [4.69, 9.17) is 9.05 Å². The van der Waals surface area contributed by atoms with Crippen LogP contribution in [0.25, 0.3) is 0 Å². The van der Waals surface area contributed by atoms with Crippen LogP contribution in [0.2, 0.25) is 0 Å². The van der Waals surface area contributed by atoms with Crippen LogP contribution >= 0.6 is 7.82 Å². The molecule has 9 heteroatoms. The summed E-state index contributed by atoms with van der Waals surface area (Å²) in [6.45, 7) is 4.75. The molecular formula is C45H86N2O6P+. The van der Waals surface area contributed by atoms with E-state index in [0.717, 1.165) is 44.9 Å². The number of unbranched alkanes of at least 4 members (excludes halogenated alkanes) is 20. The average Bonchev–Trinajstić information content (AvgIpc) is 3.12. The van der Waals surface area contributed by atoms with E-state index in [0.29, 0.717) is 17.4 Å². The normalized spacial score (nSPS) is 14.9. The second-order valence-corrected chi connectivity index (χ2v) is 17.5. The molecule has 316 valence electrons. The van der Waals surface area contributed by atoms with Gasteiger partial charge in [0.25, 0.3) is 0 Å². The highest BCUT2D eigenvalue weighted by Crippen LogP contribution is 2.43. The summed E-state index contributed by atoms with van der Waals surface area (Å²) in [4.78, 5) is 23.1. The van der Waals surface area contributed by atoms with Crippen LogP contribution in [0, 0.1) is 0 Å². The number of amides is 1. The molecular weight excluding hydrogens is 695 g/mol. The summed E-state index contributed by atoms with van der Waals surface area (Å²) in [7, 11) is 1.54. The molecule has 0 aliphatic rings. The lowest BCUT2D eigenvalue weighted by atomic mass is 10.1. The van der Waals surface area contributed by atoms with Gasteiger partial charge in [-0.15, -0.1) is 0 Å². The summed E-state index contributed by atoms with van der Waals surface area (Å²) in [6.07, 6.45) is 46.0. The first-order chi connectivity index (χ1) is 26.0. The van der Waals surface area contributed by atoms with Gasteiger partial charge in [-0.1, -0.05) is 152 Å². The van der Waals surface area contributed by atoms with Crippen molar-refractivity contribution in [3.8, 4) is 0 Å². The molecule has 0 bridgehead atoms. The van der Waals surface area contributed by atoms with Gasteiger partial charge in [0.05, 0.1) is 39.9 Å². The van der Waals surface area contributed by atoms with Gasteiger partial charge in [0.15, 0.2) is 0 Å². The molecule has 3 unspecified atom stereocenters. The van der Waals surface area contributed by atoms with Gasteiger partial charge in [-0.25, -0.2) is 4.57 Å². The fourth-order valence-corrected chi connectivity index (χ4v) is 6.68. The Hall–Kier alpha value is -1.54. The molecule has 8 nitrogen and oxygen atoms in total. The lowest BCUT2D eigenvalue weighted by Gasteiger charge is -2.25. The number of phosphoric ester groups is 1. The van der Waals surface area contributed by atoms with Crippen LogP contribution < -0.4 is 5.32 Å². The lowest BCUT2D eigenvalue weighted by molar-refractivity contribution is -0.870. The molecule has 0 aliphatic carbocycles. The number of aliphatic hydroxyl groups is 1. The van der Waals surface area contributed by atoms with Crippen molar-refractivity contribution in [2.45, 2.75) is 193 Å². The molecule has 0 aliphatic heterocycles. The zero-order chi connectivity index (χ0) is 40.0. The summed E-state index contributed by atoms with van der Waals surface area (Å²) in [5.74, 6) is -0.198. The topological polar surface area (TPSA) is 105 Å². The molecule has 54 heavy (non-hydrogen) atoms. The van der Waals surface area contributed by atoms with Gasteiger partial charge in [-0.05, 0) is 70.6 Å². The Kier molecular flexibility index (Phi) is 36.0. The van der Waals surface area contributed by atoms with Gasteiger partial charge in [0.2, 0.25) is 5.91 Å². The molecule has 0 aromatic rings. The van der Waals surface area contributed by atoms with Crippen LogP contribution in [0.15, 0.2) is 48.6 Å². The van der Waals surface area contributed by atoms with Gasteiger partial charge in [0, 0.05) is 6.42 Å². The molecule has 0 spiro atoms. The van der Waals surface area contributed by atoms with Gasteiger partial charge >= 0.3 is 7.82 Å². The minimum absolute atomic E-state index is 0.0516. The van der Waals surface area contributed by atoms with Crippen molar-refractivity contribution in [2.75, 3.05) is 40.9 Å². The minimum Gasteiger partial charge on any atom is -0.387 e. The van der Waals surface area contributed by atoms with E-state index in [1.807, 2.05) is 27.2 Å². The molecule has 3 atom stereocenters. The zero-order valence-corrected chi connectivity index (χ0v) is 36.6. The molecule has 0 saturated heterocycles. The molecule has 0 radical (unpaired) electrons. The third kappa shape index (κ3) is 38.7. The number of nitrogens with one attached hydrogen (secondary N) is 1. The predicted molar refractivity (Wildman–Crippen MR) is 231 cm³/mol. The number of rotatable bonds is 39. The molecule has 0 heterocycles. The molecule has 3 N–H and O–H groups in total.